The van der Waals surface area contributed by atoms with Crippen LogP contribution in [0.5, 0.6) is 0 Å². The van der Waals surface area contributed by atoms with Crippen LogP contribution in [0.2, 0.25) is 0 Å². The molecule has 1 unspecified atom stereocenters. The monoisotopic (exact) mass is 474 g/mol. The molecule has 1 saturated heterocycles. The molecule has 1 aromatic carbocycles. The van der Waals surface area contributed by atoms with Gasteiger partial charge in [0.25, 0.3) is 11.4 Å². The van der Waals surface area contributed by atoms with Crippen LogP contribution in [-0.4, -0.2) is 60.9 Å². The number of esters is 1. The van der Waals surface area contributed by atoms with E-state index in [1.165, 1.54) is 0 Å². The molecule has 1 aliphatic heterocycles. The predicted octanol–water partition coefficient (Wildman–Crippen LogP) is 3.53. The second kappa shape index (κ2) is 12.2. The number of benzene rings is 1. The fourth-order valence-electron chi connectivity index (χ4n) is 3.19. The summed E-state index contributed by atoms with van der Waals surface area (Å²) in [4.78, 5) is 32.5. The molecule has 31 heavy (non-hydrogen) atoms. The Hall–Kier alpha value is -1.89. The minimum atomic E-state index is -0.968. The highest BCUT2D eigenvalue weighted by molar-refractivity contribution is 8.18. The van der Waals surface area contributed by atoms with Gasteiger partial charge in [0.05, 0.1) is 31.7 Å². The summed E-state index contributed by atoms with van der Waals surface area (Å²) in [5, 5.41) is 41.2. The Labute approximate surface area is 188 Å². The van der Waals surface area contributed by atoms with E-state index in [9.17, 15) is 30.1 Å². The summed E-state index contributed by atoms with van der Waals surface area (Å²) in [6.07, 6.45) is 3.89. The van der Waals surface area contributed by atoms with Gasteiger partial charge >= 0.3 is 5.97 Å². The highest BCUT2D eigenvalue weighted by atomic mass is 32.2. The summed E-state index contributed by atoms with van der Waals surface area (Å²) >= 11 is 3.74. The van der Waals surface area contributed by atoms with Crippen molar-refractivity contribution in [1.29, 1.82) is 0 Å². The maximum atomic E-state index is 12.2. The van der Waals surface area contributed by atoms with Crippen LogP contribution in [-0.2, 0) is 4.74 Å². The zero-order valence-corrected chi connectivity index (χ0v) is 18.6. The third-order valence-corrected chi connectivity index (χ3v) is 8.37. The lowest BCUT2D eigenvalue weighted by atomic mass is 10.1. The zero-order chi connectivity index (χ0) is 22.9. The first-order valence-electron chi connectivity index (χ1n) is 9.94. The number of carbonyl (C=O) groups excluding carboxylic acids is 1. The summed E-state index contributed by atoms with van der Waals surface area (Å²) < 4.78 is 5.02. The predicted molar refractivity (Wildman–Crippen MR) is 118 cm³/mol. The van der Waals surface area contributed by atoms with Gasteiger partial charge in [0.1, 0.15) is 6.61 Å². The van der Waals surface area contributed by atoms with Crippen molar-refractivity contribution in [3.05, 3.63) is 44.0 Å². The average molecular weight is 475 g/mol. The maximum Gasteiger partial charge on any atom is 0.338 e. The first kappa shape index (κ1) is 25.4. The van der Waals surface area contributed by atoms with E-state index >= 15 is 0 Å². The number of rotatable bonds is 12. The van der Waals surface area contributed by atoms with Crippen molar-refractivity contribution in [3.8, 4) is 0 Å². The number of aliphatic hydroxyl groups excluding tert-OH is 2. The van der Waals surface area contributed by atoms with E-state index in [1.807, 2.05) is 23.5 Å². The van der Waals surface area contributed by atoms with Crippen molar-refractivity contribution >= 4 is 40.9 Å². The molecule has 0 radical (unpaired) electrons. The van der Waals surface area contributed by atoms with Crippen LogP contribution in [0.3, 0.4) is 0 Å². The molecule has 172 valence electrons. The van der Waals surface area contributed by atoms with Gasteiger partial charge in [0.15, 0.2) is 0 Å². The molecule has 2 N–H and O–H groups in total. The Morgan fingerprint density at radius 3 is 2.26 bits per heavy atom. The number of nitro groups is 2. The van der Waals surface area contributed by atoms with Crippen LogP contribution < -0.4 is 0 Å². The zero-order valence-electron chi connectivity index (χ0n) is 16.9. The van der Waals surface area contributed by atoms with E-state index < -0.39 is 33.3 Å². The van der Waals surface area contributed by atoms with Gasteiger partial charge < -0.3 is 14.9 Å². The topological polar surface area (TPSA) is 153 Å². The van der Waals surface area contributed by atoms with E-state index in [4.69, 9.17) is 9.84 Å². The molecule has 2 rings (SSSR count). The van der Waals surface area contributed by atoms with Crippen molar-refractivity contribution in [1.82, 2.24) is 0 Å². The number of hydrogen-bond acceptors (Lipinski definition) is 10. The minimum Gasteiger partial charge on any atom is -0.459 e. The van der Waals surface area contributed by atoms with E-state index in [0.717, 1.165) is 61.8 Å². The molecule has 12 heteroatoms. The van der Waals surface area contributed by atoms with Crippen LogP contribution in [0.4, 0.5) is 11.4 Å². The normalized spacial score (nSPS) is 16.5. The van der Waals surface area contributed by atoms with Crippen LogP contribution >= 0.6 is 23.5 Å². The van der Waals surface area contributed by atoms with Gasteiger partial charge in [-0.3, -0.25) is 20.2 Å². The van der Waals surface area contributed by atoms with Gasteiger partial charge in [-0.15, -0.1) is 23.5 Å². The van der Waals surface area contributed by atoms with Gasteiger partial charge in [0.2, 0.25) is 0 Å². The Morgan fingerprint density at radius 1 is 1.10 bits per heavy atom. The maximum absolute atomic E-state index is 12.2. The molecule has 0 aromatic heterocycles. The molecule has 0 saturated carbocycles. The van der Waals surface area contributed by atoms with Crippen LogP contribution in [0.25, 0.3) is 0 Å². The number of thioether (sulfide) groups is 2. The van der Waals surface area contributed by atoms with E-state index in [2.05, 4.69) is 0 Å². The van der Waals surface area contributed by atoms with Gasteiger partial charge in [-0.05, 0) is 50.0 Å². The molecule has 0 amide bonds. The molecule has 1 aliphatic rings. The molecule has 0 spiro atoms. The first-order valence-corrected chi connectivity index (χ1v) is 11.9. The minimum absolute atomic E-state index is 0.0287. The molecule has 1 fully saturated rings. The first-order chi connectivity index (χ1) is 14.8. The highest BCUT2D eigenvalue weighted by Crippen LogP contribution is 2.49. The lowest BCUT2D eigenvalue weighted by Crippen LogP contribution is -2.28. The molecule has 10 nitrogen and oxygen atoms in total. The number of nitro benzene ring substituents is 2. The Balaban J connectivity index is 1.92. The molecule has 1 aromatic rings. The number of aliphatic hydroxyl groups is 2. The fraction of sp³-hybridized carbons (Fsp3) is 0.632. The smallest absolute Gasteiger partial charge is 0.338 e. The van der Waals surface area contributed by atoms with Crippen LogP contribution in [0, 0.1) is 20.2 Å². The van der Waals surface area contributed by atoms with Crippen LogP contribution in [0.1, 0.15) is 48.9 Å². The SMILES string of the molecule is O=C(OCC(O)CCC1(CCCCO)SCCCS1)c1cc([N+](=O)[O-])cc([N+](=O)[O-])c1. The highest BCUT2D eigenvalue weighted by Gasteiger charge is 2.33. The van der Waals surface area contributed by atoms with Crippen molar-refractivity contribution in [2.75, 3.05) is 24.7 Å². The summed E-state index contributed by atoms with van der Waals surface area (Å²) in [5.41, 5.74) is -1.48. The van der Waals surface area contributed by atoms with Crippen molar-refractivity contribution in [2.45, 2.75) is 48.7 Å². The summed E-state index contributed by atoms with van der Waals surface area (Å²) in [7, 11) is 0. The van der Waals surface area contributed by atoms with Crippen LogP contribution in [0.15, 0.2) is 18.2 Å². The summed E-state index contributed by atoms with van der Waals surface area (Å²) in [5.74, 6) is 1.12. The molecule has 0 aliphatic carbocycles. The van der Waals surface area contributed by atoms with Gasteiger partial charge in [-0.25, -0.2) is 4.79 Å². The van der Waals surface area contributed by atoms with Crippen molar-refractivity contribution in [2.24, 2.45) is 0 Å². The molecule has 1 atom stereocenters. The third-order valence-electron chi connectivity index (χ3n) is 4.81. The van der Waals surface area contributed by atoms with E-state index in [-0.39, 0.29) is 22.9 Å². The summed E-state index contributed by atoms with van der Waals surface area (Å²) in [6, 6.07) is 2.59. The number of hydrogen-bond donors (Lipinski definition) is 2. The molecular formula is C19H26N2O8S2. The van der Waals surface area contributed by atoms with Crippen molar-refractivity contribution < 1.29 is 29.6 Å². The fourth-order valence-corrected chi connectivity index (χ4v) is 6.62. The number of ether oxygens (including phenoxy) is 1. The van der Waals surface area contributed by atoms with Gasteiger partial charge in [-0.2, -0.15) is 0 Å². The van der Waals surface area contributed by atoms with E-state index in [1.54, 1.807) is 0 Å². The van der Waals surface area contributed by atoms with Gasteiger partial charge in [0, 0.05) is 18.7 Å². The Bertz CT molecular complexity index is 754. The number of non-ortho nitro benzene ring substituents is 2. The second-order valence-electron chi connectivity index (χ2n) is 7.19. The molecular weight excluding hydrogens is 448 g/mol. The lowest BCUT2D eigenvalue weighted by Gasteiger charge is -2.37. The Morgan fingerprint density at radius 2 is 1.71 bits per heavy atom. The second-order valence-corrected chi connectivity index (χ2v) is 10.4. The quantitative estimate of drug-likeness (QED) is 0.199. The van der Waals surface area contributed by atoms with Gasteiger partial charge in [-0.1, -0.05) is 0 Å². The molecule has 0 bridgehead atoms. The largest absolute Gasteiger partial charge is 0.459 e. The number of carbonyl (C=O) groups is 1. The number of unbranched alkanes of at least 4 members (excludes halogenated alkanes) is 1. The van der Waals surface area contributed by atoms with E-state index in [0.29, 0.717) is 6.42 Å². The summed E-state index contributed by atoms with van der Waals surface area (Å²) in [6.45, 7) is -0.156. The average Bonchev–Trinajstić information content (AvgIpc) is 2.76. The molecule has 1 heterocycles. The third kappa shape index (κ3) is 7.95. The number of nitrogens with zero attached hydrogens (tertiary/aromatic N) is 2. The lowest BCUT2D eigenvalue weighted by molar-refractivity contribution is -0.394. The Kier molecular flexibility index (Phi) is 10.0. The van der Waals surface area contributed by atoms with Crippen molar-refractivity contribution in [3.63, 3.8) is 0 Å². The standard InChI is InChI=1S/C19H26N2O8S2/c22-7-2-1-5-19(30-8-3-9-31-19)6-4-17(23)13-29-18(24)14-10-15(20(25)26)12-16(11-14)21(27)28/h10-12,17,22-23H,1-9,13H2.